The molecule has 7 nitrogen and oxygen atoms in total. The Kier molecular flexibility index (Phi) is 5.33. The van der Waals surface area contributed by atoms with Crippen molar-refractivity contribution in [1.29, 1.82) is 0 Å². The summed E-state index contributed by atoms with van der Waals surface area (Å²) in [5, 5.41) is 9.20. The van der Waals surface area contributed by atoms with Crippen molar-refractivity contribution in [2.45, 2.75) is 19.4 Å². The lowest BCUT2D eigenvalue weighted by Gasteiger charge is -2.33. The van der Waals surface area contributed by atoms with Crippen LogP contribution < -0.4 is 20.5 Å². The lowest BCUT2D eigenvalue weighted by molar-refractivity contribution is -0.125. The highest BCUT2D eigenvalue weighted by Crippen LogP contribution is 2.21. The van der Waals surface area contributed by atoms with Gasteiger partial charge in [0.25, 0.3) is 5.56 Å². The number of benzene rings is 1. The molecule has 1 aromatic carbocycles. The normalized spacial score (nSPS) is 17.2. The van der Waals surface area contributed by atoms with Gasteiger partial charge in [-0.2, -0.15) is 5.10 Å². The molecule has 7 heteroatoms. The average molecular weight is 342 g/mol. The van der Waals surface area contributed by atoms with Crippen LogP contribution >= 0.6 is 0 Å². The Hall–Kier alpha value is -2.83. The van der Waals surface area contributed by atoms with Gasteiger partial charge in [-0.15, -0.1) is 0 Å². The fourth-order valence-corrected chi connectivity index (χ4v) is 3.04. The molecule has 2 aromatic rings. The quantitative estimate of drug-likeness (QED) is 0.855. The molecule has 1 amide bonds. The van der Waals surface area contributed by atoms with E-state index in [1.165, 1.54) is 6.07 Å². The first kappa shape index (κ1) is 17.0. The third-order valence-corrected chi connectivity index (χ3v) is 4.43. The summed E-state index contributed by atoms with van der Waals surface area (Å²) in [6, 6.07) is 9.15. The largest absolute Gasteiger partial charge is 0.497 e. The minimum Gasteiger partial charge on any atom is -0.497 e. The first-order chi connectivity index (χ1) is 12.2. The van der Waals surface area contributed by atoms with Crippen LogP contribution in [-0.4, -0.2) is 36.3 Å². The van der Waals surface area contributed by atoms with Crippen molar-refractivity contribution in [3.05, 3.63) is 52.4 Å². The lowest BCUT2D eigenvalue weighted by atomic mass is 9.96. The van der Waals surface area contributed by atoms with Gasteiger partial charge in [-0.05, 0) is 30.5 Å². The van der Waals surface area contributed by atoms with Gasteiger partial charge >= 0.3 is 0 Å². The second kappa shape index (κ2) is 7.83. The zero-order valence-corrected chi connectivity index (χ0v) is 14.2. The fourth-order valence-electron chi connectivity index (χ4n) is 3.04. The number of carbonyl (C=O) groups excluding carboxylic acids is 1. The summed E-state index contributed by atoms with van der Waals surface area (Å²) < 4.78 is 5.13. The van der Waals surface area contributed by atoms with E-state index in [1.807, 2.05) is 29.2 Å². The second-order valence-electron chi connectivity index (χ2n) is 6.15. The Morgan fingerprint density at radius 3 is 2.92 bits per heavy atom. The van der Waals surface area contributed by atoms with Gasteiger partial charge in [-0.1, -0.05) is 12.1 Å². The van der Waals surface area contributed by atoms with Crippen LogP contribution in [0.5, 0.6) is 5.75 Å². The Morgan fingerprint density at radius 1 is 1.40 bits per heavy atom. The van der Waals surface area contributed by atoms with Crippen LogP contribution in [0.15, 0.2) is 41.3 Å². The number of nitrogens with one attached hydrogen (secondary N) is 2. The molecule has 1 aliphatic heterocycles. The van der Waals surface area contributed by atoms with E-state index in [0.29, 0.717) is 13.1 Å². The number of H-pyrrole nitrogens is 1. The Balaban J connectivity index is 1.57. The standard InChI is InChI=1S/C18H22N4O3/c1-25-16-6-4-13(5-7-16)10-19-18(24)14-3-2-8-22(12-14)15-9-17(23)21-20-11-15/h4-7,9,11,14H,2-3,8,10,12H2,1H3,(H,19,24)(H,21,23). The number of aromatic amines is 1. The molecule has 1 atom stereocenters. The monoisotopic (exact) mass is 342 g/mol. The van der Waals surface area contributed by atoms with Gasteiger partial charge in [0.2, 0.25) is 5.91 Å². The molecule has 25 heavy (non-hydrogen) atoms. The Bertz CT molecular complexity index is 772. The van der Waals surface area contributed by atoms with Crippen molar-refractivity contribution in [3.8, 4) is 5.75 Å². The first-order valence-electron chi connectivity index (χ1n) is 8.36. The molecule has 0 radical (unpaired) electrons. The molecule has 0 saturated carbocycles. The molecule has 0 aliphatic carbocycles. The van der Waals surface area contributed by atoms with Crippen LogP contribution in [-0.2, 0) is 11.3 Å². The molecule has 0 bridgehead atoms. The van der Waals surface area contributed by atoms with E-state index in [2.05, 4.69) is 15.5 Å². The zero-order valence-electron chi connectivity index (χ0n) is 14.2. The number of carbonyl (C=O) groups is 1. The van der Waals surface area contributed by atoms with E-state index in [4.69, 9.17) is 4.74 Å². The number of anilines is 1. The van der Waals surface area contributed by atoms with Gasteiger partial charge in [0.1, 0.15) is 5.75 Å². The highest BCUT2D eigenvalue weighted by molar-refractivity contribution is 5.79. The zero-order chi connectivity index (χ0) is 17.6. The second-order valence-corrected chi connectivity index (χ2v) is 6.15. The van der Waals surface area contributed by atoms with Crippen LogP contribution in [0, 0.1) is 5.92 Å². The number of nitrogens with zero attached hydrogens (tertiary/aromatic N) is 2. The van der Waals surface area contributed by atoms with Crippen molar-refractivity contribution < 1.29 is 9.53 Å². The van der Waals surface area contributed by atoms with E-state index in [-0.39, 0.29) is 17.4 Å². The molecule has 1 unspecified atom stereocenters. The van der Waals surface area contributed by atoms with Crippen LogP contribution in [0.1, 0.15) is 18.4 Å². The summed E-state index contributed by atoms with van der Waals surface area (Å²) >= 11 is 0. The Labute approximate surface area is 146 Å². The summed E-state index contributed by atoms with van der Waals surface area (Å²) in [6.07, 6.45) is 3.38. The van der Waals surface area contributed by atoms with E-state index < -0.39 is 0 Å². The predicted octanol–water partition coefficient (Wildman–Crippen LogP) is 1.31. The number of aromatic nitrogens is 2. The van der Waals surface area contributed by atoms with Gasteiger partial charge in [-0.3, -0.25) is 9.59 Å². The number of hydrogen-bond acceptors (Lipinski definition) is 5. The van der Waals surface area contributed by atoms with Gasteiger partial charge in [0.05, 0.1) is 24.9 Å². The highest BCUT2D eigenvalue weighted by atomic mass is 16.5. The van der Waals surface area contributed by atoms with E-state index in [0.717, 1.165) is 36.4 Å². The molecule has 1 aliphatic rings. The molecular formula is C18H22N4O3. The number of hydrogen-bond donors (Lipinski definition) is 2. The van der Waals surface area contributed by atoms with Gasteiger partial charge in [0, 0.05) is 25.7 Å². The summed E-state index contributed by atoms with van der Waals surface area (Å²) in [7, 11) is 1.63. The van der Waals surface area contributed by atoms with Crippen molar-refractivity contribution >= 4 is 11.6 Å². The van der Waals surface area contributed by atoms with Gasteiger partial charge < -0.3 is 15.0 Å². The molecule has 2 N–H and O–H groups in total. The number of ether oxygens (including phenoxy) is 1. The molecule has 2 heterocycles. The summed E-state index contributed by atoms with van der Waals surface area (Å²) in [4.78, 5) is 26.0. The van der Waals surface area contributed by atoms with Gasteiger partial charge in [-0.25, -0.2) is 5.10 Å². The maximum atomic E-state index is 12.5. The van der Waals surface area contributed by atoms with Crippen molar-refractivity contribution in [3.63, 3.8) is 0 Å². The third-order valence-electron chi connectivity index (χ3n) is 4.43. The van der Waals surface area contributed by atoms with E-state index in [1.54, 1.807) is 13.3 Å². The molecule has 1 fully saturated rings. The molecule has 3 rings (SSSR count). The minimum absolute atomic E-state index is 0.0401. The van der Waals surface area contributed by atoms with Gasteiger partial charge in [0.15, 0.2) is 0 Å². The molecular weight excluding hydrogens is 320 g/mol. The predicted molar refractivity (Wildman–Crippen MR) is 94.6 cm³/mol. The van der Waals surface area contributed by atoms with Crippen molar-refractivity contribution in [1.82, 2.24) is 15.5 Å². The summed E-state index contributed by atoms with van der Waals surface area (Å²) in [5.74, 6) is 0.745. The first-order valence-corrected chi connectivity index (χ1v) is 8.36. The molecule has 0 spiro atoms. The summed E-state index contributed by atoms with van der Waals surface area (Å²) in [5.41, 5.74) is 1.56. The van der Waals surface area contributed by atoms with Crippen LogP contribution in [0.4, 0.5) is 5.69 Å². The van der Waals surface area contributed by atoms with Crippen LogP contribution in [0.2, 0.25) is 0 Å². The van der Waals surface area contributed by atoms with E-state index >= 15 is 0 Å². The molecule has 1 saturated heterocycles. The molecule has 132 valence electrons. The SMILES string of the molecule is COc1ccc(CNC(=O)C2CCCN(c3cn[nH]c(=O)c3)C2)cc1. The third kappa shape index (κ3) is 4.37. The Morgan fingerprint density at radius 2 is 2.20 bits per heavy atom. The topological polar surface area (TPSA) is 87.3 Å². The number of amides is 1. The highest BCUT2D eigenvalue weighted by Gasteiger charge is 2.26. The number of piperidine rings is 1. The fraction of sp³-hybridized carbons (Fsp3) is 0.389. The van der Waals surface area contributed by atoms with Crippen LogP contribution in [0.25, 0.3) is 0 Å². The van der Waals surface area contributed by atoms with Crippen molar-refractivity contribution in [2.75, 3.05) is 25.1 Å². The maximum absolute atomic E-state index is 12.5. The van der Waals surface area contributed by atoms with E-state index in [9.17, 15) is 9.59 Å². The minimum atomic E-state index is -0.233. The number of methoxy groups -OCH3 is 1. The summed E-state index contributed by atoms with van der Waals surface area (Å²) in [6.45, 7) is 1.92. The average Bonchev–Trinajstić information content (AvgIpc) is 2.66. The lowest BCUT2D eigenvalue weighted by Crippen LogP contribution is -2.43. The van der Waals surface area contributed by atoms with Crippen LogP contribution in [0.3, 0.4) is 0 Å². The maximum Gasteiger partial charge on any atom is 0.266 e. The smallest absolute Gasteiger partial charge is 0.266 e. The number of rotatable bonds is 5. The van der Waals surface area contributed by atoms with Crippen molar-refractivity contribution in [2.24, 2.45) is 5.92 Å². The molecule has 1 aromatic heterocycles.